The van der Waals surface area contributed by atoms with Gasteiger partial charge in [0.25, 0.3) is 0 Å². The summed E-state index contributed by atoms with van der Waals surface area (Å²) in [6.45, 7) is 0. The van der Waals surface area contributed by atoms with Gasteiger partial charge >= 0.3 is 6.18 Å². The van der Waals surface area contributed by atoms with E-state index in [0.717, 1.165) is 11.8 Å². The van der Waals surface area contributed by atoms with Gasteiger partial charge in [0.1, 0.15) is 17.6 Å². The topological polar surface area (TPSA) is 74.1 Å². The van der Waals surface area contributed by atoms with Crippen molar-refractivity contribution in [2.45, 2.75) is 48.6 Å². The van der Waals surface area contributed by atoms with Crippen molar-refractivity contribution in [2.75, 3.05) is 7.05 Å². The van der Waals surface area contributed by atoms with Crippen molar-refractivity contribution in [1.82, 2.24) is 5.32 Å². The number of nitrogens with one attached hydrogen (secondary N) is 1. The number of rotatable bonds is 2. The van der Waals surface area contributed by atoms with Crippen LogP contribution >= 0.6 is 11.8 Å². The Morgan fingerprint density at radius 2 is 2.15 bits per heavy atom. The molecule has 2 rings (SSSR count). The van der Waals surface area contributed by atoms with Crippen LogP contribution in [0.25, 0.3) is 0 Å². The monoisotopic (exact) mass is 318 g/mol. The number of ether oxygens (including phenoxy) is 1. The summed E-state index contributed by atoms with van der Waals surface area (Å²) >= 11 is 1.01. The third kappa shape index (κ3) is 3.18. The maximum Gasteiger partial charge on any atom is 0.391 e. The number of fused-ring (bicyclic) bond motifs is 1. The Bertz CT molecular complexity index is 395. The molecule has 0 aromatic heterocycles. The molecule has 0 aliphatic carbocycles. The summed E-state index contributed by atoms with van der Waals surface area (Å²) in [6, 6.07) is -0.900. The van der Waals surface area contributed by atoms with E-state index in [9.17, 15) is 27.8 Å². The van der Waals surface area contributed by atoms with Crippen LogP contribution in [-0.2, 0) is 4.74 Å². The maximum atomic E-state index is 14.0. The molecule has 0 radical (unpaired) electrons. The molecule has 2 saturated heterocycles. The predicted molar refractivity (Wildman–Crippen MR) is 64.1 cm³/mol. The first-order valence-electron chi connectivity index (χ1n) is 5.85. The number of aliphatic hydroxyl groups is 2. The zero-order valence-electron chi connectivity index (χ0n) is 10.3. The first-order valence-corrected chi connectivity index (χ1v) is 6.73. The van der Waals surface area contributed by atoms with Gasteiger partial charge in [-0.05, 0) is 0 Å². The van der Waals surface area contributed by atoms with E-state index in [4.69, 9.17) is 4.74 Å². The molecule has 10 heteroatoms. The van der Waals surface area contributed by atoms with Gasteiger partial charge in [0.05, 0.1) is 18.6 Å². The molecule has 3 N–H and O–H groups in total. The average molecular weight is 318 g/mol. The lowest BCUT2D eigenvalue weighted by Gasteiger charge is -2.39. The molecule has 2 aliphatic rings. The van der Waals surface area contributed by atoms with Crippen molar-refractivity contribution in [3.63, 3.8) is 0 Å². The van der Waals surface area contributed by atoms with E-state index in [0.29, 0.717) is 5.17 Å². The van der Waals surface area contributed by atoms with Crippen LogP contribution in [0.1, 0.15) is 6.42 Å². The van der Waals surface area contributed by atoms with Gasteiger partial charge in [-0.15, -0.1) is 0 Å². The molecule has 116 valence electrons. The highest BCUT2D eigenvalue weighted by atomic mass is 32.2. The molecular weight excluding hydrogens is 304 g/mol. The molecule has 2 aliphatic heterocycles. The van der Waals surface area contributed by atoms with Gasteiger partial charge in [0.2, 0.25) is 0 Å². The number of amidine groups is 1. The summed E-state index contributed by atoms with van der Waals surface area (Å²) in [5.74, 6) is 0. The summed E-state index contributed by atoms with van der Waals surface area (Å²) in [5, 5.41) is 22.3. The molecule has 1 unspecified atom stereocenters. The molecule has 0 saturated carbocycles. The minimum absolute atomic E-state index is 0.376. The van der Waals surface area contributed by atoms with Gasteiger partial charge in [-0.2, -0.15) is 13.2 Å². The lowest BCUT2D eigenvalue weighted by molar-refractivity contribution is -0.207. The highest BCUT2D eigenvalue weighted by Crippen LogP contribution is 2.37. The average Bonchev–Trinajstić information content (AvgIpc) is 2.74. The third-order valence-electron chi connectivity index (χ3n) is 3.13. The fourth-order valence-electron chi connectivity index (χ4n) is 2.19. The Hall–Kier alpha value is -0.580. The molecule has 0 amide bonds. The van der Waals surface area contributed by atoms with Crippen LogP contribution in [0.2, 0.25) is 0 Å². The van der Waals surface area contributed by atoms with E-state index in [1.165, 1.54) is 7.05 Å². The van der Waals surface area contributed by atoms with Gasteiger partial charge in [-0.1, -0.05) is 11.8 Å². The molecule has 20 heavy (non-hydrogen) atoms. The van der Waals surface area contributed by atoms with Crippen LogP contribution < -0.4 is 5.32 Å². The lowest BCUT2D eigenvalue weighted by atomic mass is 9.94. The zero-order chi connectivity index (χ0) is 15.1. The van der Waals surface area contributed by atoms with Gasteiger partial charge < -0.3 is 20.3 Å². The van der Waals surface area contributed by atoms with Crippen LogP contribution in [-0.4, -0.2) is 64.6 Å². The largest absolute Gasteiger partial charge is 0.391 e. The molecule has 0 aromatic rings. The fraction of sp³-hybridized carbons (Fsp3) is 0.900. The van der Waals surface area contributed by atoms with Gasteiger partial charge in [-0.25, -0.2) is 4.39 Å². The number of hydrogen-bond acceptors (Lipinski definition) is 5. The zero-order valence-corrected chi connectivity index (χ0v) is 11.2. The minimum Gasteiger partial charge on any atom is -0.390 e. The van der Waals surface area contributed by atoms with Gasteiger partial charge in [-0.3, -0.25) is 4.99 Å². The maximum absolute atomic E-state index is 14.0. The third-order valence-corrected chi connectivity index (χ3v) is 4.29. The quantitative estimate of drug-likeness (QED) is 0.643. The van der Waals surface area contributed by atoms with Crippen molar-refractivity contribution in [3.05, 3.63) is 0 Å². The van der Waals surface area contributed by atoms with E-state index >= 15 is 0 Å². The molecular formula is C10H14F4N2O3S. The number of alkyl halides is 4. The van der Waals surface area contributed by atoms with E-state index in [2.05, 4.69) is 10.3 Å². The highest BCUT2D eigenvalue weighted by Gasteiger charge is 2.53. The fourth-order valence-corrected chi connectivity index (χ4v) is 3.27. The van der Waals surface area contributed by atoms with Crippen molar-refractivity contribution in [2.24, 2.45) is 4.99 Å². The minimum atomic E-state index is -4.62. The van der Waals surface area contributed by atoms with Gasteiger partial charge in [0, 0.05) is 7.05 Å². The number of nitrogens with zero attached hydrogens (tertiary/aromatic N) is 1. The van der Waals surface area contributed by atoms with Crippen LogP contribution in [0.15, 0.2) is 4.99 Å². The smallest absolute Gasteiger partial charge is 0.390 e. The van der Waals surface area contributed by atoms with Crippen molar-refractivity contribution < 1.29 is 32.5 Å². The van der Waals surface area contributed by atoms with Crippen LogP contribution in [0.5, 0.6) is 0 Å². The second-order valence-corrected chi connectivity index (χ2v) is 5.69. The first-order chi connectivity index (χ1) is 9.23. The number of halogens is 4. The Labute approximate surface area is 116 Å². The molecule has 6 atom stereocenters. The molecule has 5 nitrogen and oxygen atoms in total. The second-order valence-electron chi connectivity index (χ2n) is 4.61. The van der Waals surface area contributed by atoms with Crippen molar-refractivity contribution in [3.8, 4) is 0 Å². The summed E-state index contributed by atoms with van der Waals surface area (Å²) in [6.07, 6.45) is -13.5. The molecule has 2 heterocycles. The predicted octanol–water partition coefficient (Wildman–Crippen LogP) is 0.414. The number of aliphatic imine (C=N–C) groups is 1. The molecule has 0 aromatic carbocycles. The van der Waals surface area contributed by atoms with Crippen LogP contribution in [0.4, 0.5) is 17.6 Å². The number of thioether (sulfide) groups is 1. The van der Waals surface area contributed by atoms with Crippen molar-refractivity contribution in [1.29, 1.82) is 0 Å². The molecule has 0 spiro atoms. The Morgan fingerprint density at radius 1 is 1.50 bits per heavy atom. The Balaban J connectivity index is 2.09. The number of hydrogen-bond donors (Lipinski definition) is 3. The summed E-state index contributed by atoms with van der Waals surface area (Å²) in [4.78, 5) is 3.80. The Kier molecular flexibility index (Phi) is 4.47. The summed E-state index contributed by atoms with van der Waals surface area (Å²) in [5.41, 5.74) is -0.833. The van der Waals surface area contributed by atoms with E-state index in [1.54, 1.807) is 0 Å². The van der Waals surface area contributed by atoms with E-state index in [1.807, 2.05) is 0 Å². The second kappa shape index (κ2) is 5.66. The van der Waals surface area contributed by atoms with E-state index in [-0.39, 0.29) is 0 Å². The van der Waals surface area contributed by atoms with E-state index < -0.39 is 48.6 Å². The van der Waals surface area contributed by atoms with Crippen molar-refractivity contribution >= 4 is 16.9 Å². The molecule has 0 bridgehead atoms. The summed E-state index contributed by atoms with van der Waals surface area (Å²) in [7, 11) is 1.46. The number of aliphatic hydroxyl groups excluding tert-OH is 2. The lowest BCUT2D eigenvalue weighted by Crippen LogP contribution is -2.60. The normalized spacial score (nSPS) is 41.4. The summed E-state index contributed by atoms with van der Waals surface area (Å²) < 4.78 is 56.0. The highest BCUT2D eigenvalue weighted by molar-refractivity contribution is 8.14. The SMILES string of the molecule is CN=C1N[C@@H]2[C@@H](F)[C@H](O)C([C@@H](O)CC(F)(F)F)O[C@@H]2S1. The Morgan fingerprint density at radius 3 is 2.70 bits per heavy atom. The van der Waals surface area contributed by atoms with Crippen LogP contribution in [0.3, 0.4) is 0 Å². The standard InChI is InChI=1S/C10H14F4N2O3S/c1-15-9-16-5-4(11)6(18)7(19-8(5)20-9)3(17)2-10(12,13)14/h3-8,17-18H,2H2,1H3,(H,15,16)/t3-,4+,5+,6-,7?,8+/m0/s1. The first kappa shape index (κ1) is 15.8. The van der Waals surface area contributed by atoms with Gasteiger partial charge in [0.15, 0.2) is 11.3 Å². The van der Waals surface area contributed by atoms with Crippen LogP contribution in [0, 0.1) is 0 Å². The molecule has 2 fully saturated rings.